The molecule has 0 fully saturated rings. The number of hydrogen-bond donors (Lipinski definition) is 2. The molecular formula is C20H18N3NaO6S. The number of nitrogens with one attached hydrogen (secondary N) is 1. The number of ether oxygens (including phenoxy) is 1. The van der Waals surface area contributed by atoms with Gasteiger partial charge in [0.2, 0.25) is 5.91 Å². The molecule has 0 spiro atoms. The maximum atomic E-state index is 11.9. The van der Waals surface area contributed by atoms with Crippen LogP contribution >= 0.6 is 0 Å². The van der Waals surface area contributed by atoms with Crippen molar-refractivity contribution in [3.05, 3.63) is 48.5 Å². The maximum absolute atomic E-state index is 11.9. The van der Waals surface area contributed by atoms with Gasteiger partial charge >= 0.3 is 29.6 Å². The molecule has 0 atom stereocenters. The van der Waals surface area contributed by atoms with Gasteiger partial charge in [0.25, 0.3) is 0 Å². The van der Waals surface area contributed by atoms with Gasteiger partial charge in [0.15, 0.2) is 5.75 Å². The van der Waals surface area contributed by atoms with Gasteiger partial charge in [-0.15, -0.1) is 10.2 Å². The van der Waals surface area contributed by atoms with E-state index >= 15 is 0 Å². The van der Waals surface area contributed by atoms with E-state index in [1.165, 1.54) is 25.3 Å². The third-order valence-electron chi connectivity index (χ3n) is 4.31. The molecule has 31 heavy (non-hydrogen) atoms. The number of rotatable bonds is 6. The fourth-order valence-corrected chi connectivity index (χ4v) is 3.53. The van der Waals surface area contributed by atoms with Gasteiger partial charge in [0.1, 0.15) is 27.2 Å². The Balaban J connectivity index is 0.00000341. The zero-order chi connectivity index (χ0) is 21.9. The Morgan fingerprint density at radius 3 is 2.42 bits per heavy atom. The summed E-state index contributed by atoms with van der Waals surface area (Å²) in [6.07, 6.45) is 0.164. The predicted molar refractivity (Wildman–Crippen MR) is 110 cm³/mol. The number of azo groups is 1. The van der Waals surface area contributed by atoms with Crippen molar-refractivity contribution in [1.82, 2.24) is 0 Å². The average molecular weight is 451 g/mol. The fourth-order valence-electron chi connectivity index (χ4n) is 2.85. The summed E-state index contributed by atoms with van der Waals surface area (Å²) in [6, 6.07) is 11.9. The number of aromatic hydroxyl groups is 1. The van der Waals surface area contributed by atoms with Crippen LogP contribution in [-0.4, -0.2) is 31.1 Å². The molecule has 0 aliphatic heterocycles. The number of para-hydroxylation sites is 1. The van der Waals surface area contributed by atoms with E-state index in [1.54, 1.807) is 31.2 Å². The molecule has 0 radical (unpaired) electrons. The molecule has 3 aromatic carbocycles. The Kier molecular flexibility index (Phi) is 8.15. The van der Waals surface area contributed by atoms with Crippen LogP contribution in [0.25, 0.3) is 10.8 Å². The molecule has 0 aliphatic rings. The second-order valence-electron chi connectivity index (χ2n) is 6.19. The smallest absolute Gasteiger partial charge is 0.744 e. The number of hydrogen-bond acceptors (Lipinski definition) is 8. The Hall–Kier alpha value is -2.50. The van der Waals surface area contributed by atoms with Crippen molar-refractivity contribution in [1.29, 1.82) is 0 Å². The van der Waals surface area contributed by atoms with Gasteiger partial charge in [0, 0.05) is 11.8 Å². The first-order chi connectivity index (χ1) is 14.3. The normalized spacial score (nSPS) is 11.3. The van der Waals surface area contributed by atoms with Crippen LogP contribution in [0.15, 0.2) is 63.7 Å². The molecule has 0 saturated heterocycles. The van der Waals surface area contributed by atoms with Crippen molar-refractivity contribution >= 4 is 43.9 Å². The van der Waals surface area contributed by atoms with Crippen LogP contribution in [0.3, 0.4) is 0 Å². The molecule has 2 N–H and O–H groups in total. The number of nitrogens with zero attached hydrogens (tertiary/aromatic N) is 2. The fraction of sp³-hybridized carbons (Fsp3) is 0.150. The summed E-state index contributed by atoms with van der Waals surface area (Å²) >= 11 is 0. The monoisotopic (exact) mass is 451 g/mol. The predicted octanol–water partition coefficient (Wildman–Crippen LogP) is 1.23. The first-order valence-corrected chi connectivity index (χ1v) is 10.3. The summed E-state index contributed by atoms with van der Waals surface area (Å²) in [5.41, 5.74) is 0.576. The summed E-state index contributed by atoms with van der Waals surface area (Å²) in [5, 5.41) is 21.4. The van der Waals surface area contributed by atoms with Gasteiger partial charge < -0.3 is 19.7 Å². The van der Waals surface area contributed by atoms with Gasteiger partial charge in [0.05, 0.1) is 23.1 Å². The number of phenolic OH excluding ortho intramolecular Hbond substituents is 1. The van der Waals surface area contributed by atoms with Crippen LogP contribution in [-0.2, 0) is 14.9 Å². The number of methoxy groups -OCH3 is 1. The molecule has 0 aromatic heterocycles. The number of benzene rings is 3. The van der Waals surface area contributed by atoms with E-state index < -0.39 is 20.8 Å². The van der Waals surface area contributed by atoms with E-state index in [0.717, 1.165) is 6.07 Å². The summed E-state index contributed by atoms with van der Waals surface area (Å²) in [6.45, 7) is 1.64. The molecule has 11 heteroatoms. The minimum absolute atomic E-state index is 0. The third kappa shape index (κ3) is 5.41. The van der Waals surface area contributed by atoms with E-state index in [0.29, 0.717) is 11.4 Å². The van der Waals surface area contributed by atoms with Crippen molar-refractivity contribution in [3.8, 4) is 11.5 Å². The van der Waals surface area contributed by atoms with Crippen LogP contribution in [0.5, 0.6) is 11.5 Å². The Bertz CT molecular complexity index is 1260. The zero-order valence-electron chi connectivity index (χ0n) is 17.1. The molecule has 0 saturated carbocycles. The van der Waals surface area contributed by atoms with E-state index in [9.17, 15) is 22.9 Å². The quantitative estimate of drug-likeness (QED) is 0.328. The molecule has 3 aromatic rings. The maximum Gasteiger partial charge on any atom is 1.00 e. The van der Waals surface area contributed by atoms with Crippen molar-refractivity contribution in [2.24, 2.45) is 10.2 Å². The minimum Gasteiger partial charge on any atom is -0.744 e. The molecular weight excluding hydrogens is 433 g/mol. The van der Waals surface area contributed by atoms with E-state index in [2.05, 4.69) is 15.5 Å². The molecule has 0 aliphatic carbocycles. The molecule has 9 nitrogen and oxygen atoms in total. The van der Waals surface area contributed by atoms with Crippen LogP contribution in [0.2, 0.25) is 0 Å². The van der Waals surface area contributed by atoms with E-state index in [-0.39, 0.29) is 64.0 Å². The second kappa shape index (κ2) is 10.2. The van der Waals surface area contributed by atoms with Crippen molar-refractivity contribution in [3.63, 3.8) is 0 Å². The summed E-state index contributed by atoms with van der Waals surface area (Å²) in [7, 11) is -3.34. The number of fused-ring (bicyclic) bond motifs is 1. The Morgan fingerprint density at radius 2 is 1.77 bits per heavy atom. The molecule has 3 rings (SSSR count). The van der Waals surface area contributed by atoms with Gasteiger partial charge in [-0.05, 0) is 30.3 Å². The molecule has 0 unspecified atom stereocenters. The second-order valence-corrected chi connectivity index (χ2v) is 7.54. The summed E-state index contributed by atoms with van der Waals surface area (Å²) in [4.78, 5) is 11.3. The van der Waals surface area contributed by atoms with Gasteiger partial charge in [-0.3, -0.25) is 4.79 Å². The van der Waals surface area contributed by atoms with E-state index in [4.69, 9.17) is 4.74 Å². The van der Waals surface area contributed by atoms with Crippen molar-refractivity contribution in [2.75, 3.05) is 12.4 Å². The molecule has 0 bridgehead atoms. The van der Waals surface area contributed by atoms with Gasteiger partial charge in [-0.2, -0.15) is 0 Å². The van der Waals surface area contributed by atoms with Crippen LogP contribution < -0.4 is 39.6 Å². The molecule has 1 amide bonds. The van der Waals surface area contributed by atoms with Gasteiger partial charge in [-0.1, -0.05) is 25.1 Å². The van der Waals surface area contributed by atoms with Gasteiger partial charge in [-0.25, -0.2) is 8.42 Å². The number of carbonyl (C=O) groups excluding carboxylic acids is 1. The minimum atomic E-state index is -4.82. The zero-order valence-corrected chi connectivity index (χ0v) is 19.9. The van der Waals surface area contributed by atoms with Crippen molar-refractivity contribution in [2.45, 2.75) is 18.2 Å². The molecule has 156 valence electrons. The van der Waals surface area contributed by atoms with Crippen LogP contribution in [0, 0.1) is 0 Å². The molecule has 0 heterocycles. The number of anilines is 1. The summed E-state index contributed by atoms with van der Waals surface area (Å²) < 4.78 is 40.1. The standard InChI is InChI=1S/C20H19N3O6S.Na/c1-3-18(24)21-14-10-11-17(30(26,27)28)12-8-9-15(20(25)19(12)14)23-22-13-6-4-5-7-16(13)29-2;/h4-11,25H,3H2,1-2H3,(H,21,24)(H,26,27,28);/q;+1/p-1. The first-order valence-electron chi connectivity index (χ1n) is 8.85. The summed E-state index contributed by atoms with van der Waals surface area (Å²) in [5.74, 6) is -0.310. The third-order valence-corrected chi connectivity index (χ3v) is 5.20. The Labute approximate surface area is 201 Å². The largest absolute Gasteiger partial charge is 1.00 e. The topological polar surface area (TPSA) is 140 Å². The average Bonchev–Trinajstić information content (AvgIpc) is 2.72. The SMILES string of the molecule is CCC(=O)Nc1ccc(S(=O)(=O)[O-])c2ccc(N=Nc3ccccc3OC)c(O)c12.[Na+]. The van der Waals surface area contributed by atoms with E-state index in [1.807, 2.05) is 0 Å². The Morgan fingerprint density at radius 1 is 1.10 bits per heavy atom. The first kappa shape index (κ1) is 24.8. The van der Waals surface area contributed by atoms with Crippen LogP contribution in [0.4, 0.5) is 17.1 Å². The number of phenols is 1. The van der Waals surface area contributed by atoms with Crippen LogP contribution in [0.1, 0.15) is 13.3 Å². The number of amides is 1. The van der Waals surface area contributed by atoms with Crippen molar-refractivity contribution < 1.29 is 57.2 Å². The number of carbonyl (C=O) groups is 1.